The number of halogens is 2. The van der Waals surface area contributed by atoms with Crippen LogP contribution in [-0.4, -0.2) is 11.7 Å². The molecule has 0 radical (unpaired) electrons. The largest absolute Gasteiger partial charge is 0.385 e. The Morgan fingerprint density at radius 3 is 2.24 bits per heavy atom. The van der Waals surface area contributed by atoms with Crippen LogP contribution < -0.4 is 10.7 Å². The highest BCUT2D eigenvalue weighted by atomic mass is 35.5. The zero-order valence-electron chi connectivity index (χ0n) is 9.42. The van der Waals surface area contributed by atoms with Gasteiger partial charge in [-0.25, -0.2) is 0 Å². The lowest BCUT2D eigenvalue weighted by Gasteiger charge is -2.18. The maximum absolute atomic E-state index is 11.7. The summed E-state index contributed by atoms with van der Waals surface area (Å²) in [5, 5.41) is 5.98. The number of amidine groups is 1. The number of hydrazone groups is 1. The second-order valence-corrected chi connectivity index (χ2v) is 4.72. The van der Waals surface area contributed by atoms with Crippen LogP contribution in [0.3, 0.4) is 0 Å². The predicted molar refractivity (Wildman–Crippen MR) is 69.7 cm³/mol. The average Bonchev–Trinajstić information content (AvgIpc) is 2.56. The van der Waals surface area contributed by atoms with Crippen LogP contribution in [0.15, 0.2) is 11.2 Å². The fourth-order valence-electron chi connectivity index (χ4n) is 1.73. The molecule has 0 atom stereocenters. The van der Waals surface area contributed by atoms with E-state index in [2.05, 4.69) is 5.10 Å². The Morgan fingerprint density at radius 2 is 1.82 bits per heavy atom. The Hall–Kier alpha value is -1.26. The van der Waals surface area contributed by atoms with Crippen molar-refractivity contribution in [1.29, 1.82) is 0 Å². The van der Waals surface area contributed by atoms with Crippen molar-refractivity contribution in [3.05, 3.63) is 27.2 Å². The molecule has 1 amide bonds. The van der Waals surface area contributed by atoms with E-state index in [4.69, 9.17) is 28.9 Å². The van der Waals surface area contributed by atoms with Gasteiger partial charge in [-0.1, -0.05) is 29.3 Å². The van der Waals surface area contributed by atoms with Crippen molar-refractivity contribution in [1.82, 2.24) is 0 Å². The summed E-state index contributed by atoms with van der Waals surface area (Å²) < 4.78 is 0. The molecular formula is C11H11Cl2N3O. The number of carbonyl (C=O) groups excluding carboxylic acids is 1. The van der Waals surface area contributed by atoms with Crippen molar-refractivity contribution in [2.75, 3.05) is 5.01 Å². The fraction of sp³-hybridized carbons (Fsp3) is 0.273. The minimum atomic E-state index is -0.226. The van der Waals surface area contributed by atoms with Gasteiger partial charge in [-0.05, 0) is 25.0 Å². The number of carbonyl (C=O) groups is 1. The second-order valence-electron chi connectivity index (χ2n) is 3.96. The molecule has 0 saturated carbocycles. The maximum Gasteiger partial charge on any atom is 0.255 e. The summed E-state index contributed by atoms with van der Waals surface area (Å²) in [5.74, 6) is 0.0394. The van der Waals surface area contributed by atoms with E-state index in [1.807, 2.05) is 19.9 Å². The van der Waals surface area contributed by atoms with E-state index in [0.717, 1.165) is 11.1 Å². The summed E-state index contributed by atoms with van der Waals surface area (Å²) in [5.41, 5.74) is 7.63. The molecule has 1 aromatic rings. The molecule has 1 aliphatic heterocycles. The average molecular weight is 272 g/mol. The SMILES string of the molecule is Cc1cc(C)c(Cl)c(N2N=C(N)CC2=O)c1Cl. The zero-order chi connectivity index (χ0) is 12.7. The molecule has 0 saturated heterocycles. The smallest absolute Gasteiger partial charge is 0.255 e. The molecule has 1 aromatic carbocycles. The lowest BCUT2D eigenvalue weighted by Crippen LogP contribution is -2.21. The Kier molecular flexibility index (Phi) is 3.02. The third-order valence-electron chi connectivity index (χ3n) is 2.55. The first-order chi connectivity index (χ1) is 7.91. The van der Waals surface area contributed by atoms with Crippen molar-refractivity contribution in [3.63, 3.8) is 0 Å². The van der Waals surface area contributed by atoms with Gasteiger partial charge in [-0.15, -0.1) is 0 Å². The van der Waals surface area contributed by atoms with E-state index in [-0.39, 0.29) is 18.2 Å². The molecule has 0 aromatic heterocycles. The number of benzene rings is 1. The van der Waals surface area contributed by atoms with Crippen molar-refractivity contribution >= 4 is 40.6 Å². The molecule has 17 heavy (non-hydrogen) atoms. The van der Waals surface area contributed by atoms with Crippen molar-refractivity contribution in [2.24, 2.45) is 10.8 Å². The number of anilines is 1. The van der Waals surface area contributed by atoms with Crippen LogP contribution in [0.4, 0.5) is 5.69 Å². The Morgan fingerprint density at radius 1 is 1.29 bits per heavy atom. The van der Waals surface area contributed by atoms with Gasteiger partial charge >= 0.3 is 0 Å². The zero-order valence-corrected chi connectivity index (χ0v) is 10.9. The van der Waals surface area contributed by atoms with Gasteiger partial charge in [0.2, 0.25) is 0 Å². The molecule has 0 unspecified atom stereocenters. The van der Waals surface area contributed by atoms with E-state index in [1.54, 1.807) is 0 Å². The van der Waals surface area contributed by atoms with Crippen LogP contribution in [-0.2, 0) is 4.79 Å². The van der Waals surface area contributed by atoms with E-state index < -0.39 is 0 Å². The first-order valence-corrected chi connectivity index (χ1v) is 5.78. The van der Waals surface area contributed by atoms with Gasteiger partial charge in [0.1, 0.15) is 11.5 Å². The second kappa shape index (κ2) is 4.20. The van der Waals surface area contributed by atoms with Gasteiger partial charge in [-0.2, -0.15) is 10.1 Å². The van der Waals surface area contributed by atoms with E-state index >= 15 is 0 Å². The number of aryl methyl sites for hydroxylation is 2. The number of amides is 1. The molecule has 2 rings (SSSR count). The van der Waals surface area contributed by atoms with E-state index in [0.29, 0.717) is 15.7 Å². The van der Waals surface area contributed by atoms with Gasteiger partial charge in [0.15, 0.2) is 0 Å². The fourth-order valence-corrected chi connectivity index (χ4v) is 2.24. The van der Waals surface area contributed by atoms with Crippen LogP contribution in [0.1, 0.15) is 17.5 Å². The lowest BCUT2D eigenvalue weighted by molar-refractivity contribution is -0.116. The normalized spacial score (nSPS) is 15.4. The highest BCUT2D eigenvalue weighted by Crippen LogP contribution is 2.39. The summed E-state index contributed by atoms with van der Waals surface area (Å²) in [6.45, 7) is 3.70. The molecule has 1 heterocycles. The maximum atomic E-state index is 11.7. The Labute approximate surface area is 109 Å². The molecular weight excluding hydrogens is 261 g/mol. The standard InChI is InChI=1S/C11H11Cl2N3O/c1-5-3-6(2)10(13)11(9(5)12)16-8(17)4-7(14)15-16/h3H,4H2,1-2H3,(H2,14,15). The third kappa shape index (κ3) is 1.98. The summed E-state index contributed by atoms with van der Waals surface area (Å²) in [6, 6.07) is 1.86. The Balaban J connectivity index is 2.63. The molecule has 6 heteroatoms. The van der Waals surface area contributed by atoms with Crippen molar-refractivity contribution in [3.8, 4) is 0 Å². The van der Waals surface area contributed by atoms with Crippen LogP contribution >= 0.6 is 23.2 Å². The van der Waals surface area contributed by atoms with E-state index in [1.165, 1.54) is 5.01 Å². The minimum absolute atomic E-state index is 0.0969. The number of rotatable bonds is 1. The van der Waals surface area contributed by atoms with E-state index in [9.17, 15) is 4.79 Å². The number of nitrogens with two attached hydrogens (primary N) is 1. The van der Waals surface area contributed by atoms with Gasteiger partial charge in [0.25, 0.3) is 5.91 Å². The van der Waals surface area contributed by atoms with Crippen LogP contribution in [0.5, 0.6) is 0 Å². The molecule has 1 aliphatic rings. The molecule has 0 spiro atoms. The predicted octanol–water partition coefficient (Wildman–Crippen LogP) is 2.62. The van der Waals surface area contributed by atoms with Gasteiger partial charge in [0, 0.05) is 0 Å². The van der Waals surface area contributed by atoms with Gasteiger partial charge in [-0.3, -0.25) is 4.79 Å². The quantitative estimate of drug-likeness (QED) is 0.854. The minimum Gasteiger partial charge on any atom is -0.385 e. The molecule has 0 fully saturated rings. The topological polar surface area (TPSA) is 58.7 Å². The van der Waals surface area contributed by atoms with Gasteiger partial charge < -0.3 is 5.73 Å². The van der Waals surface area contributed by atoms with Gasteiger partial charge in [0.05, 0.1) is 16.5 Å². The molecule has 0 bridgehead atoms. The van der Waals surface area contributed by atoms with Crippen LogP contribution in [0.2, 0.25) is 10.0 Å². The van der Waals surface area contributed by atoms with Crippen molar-refractivity contribution in [2.45, 2.75) is 20.3 Å². The van der Waals surface area contributed by atoms with Crippen LogP contribution in [0.25, 0.3) is 0 Å². The molecule has 0 aliphatic carbocycles. The molecule has 4 nitrogen and oxygen atoms in total. The Bertz CT molecular complexity index is 514. The lowest BCUT2D eigenvalue weighted by atomic mass is 10.1. The highest BCUT2D eigenvalue weighted by molar-refractivity contribution is 6.41. The summed E-state index contributed by atoms with van der Waals surface area (Å²) in [7, 11) is 0. The summed E-state index contributed by atoms with van der Waals surface area (Å²) in [4.78, 5) is 11.7. The highest BCUT2D eigenvalue weighted by Gasteiger charge is 2.28. The van der Waals surface area contributed by atoms with Crippen molar-refractivity contribution < 1.29 is 4.79 Å². The molecule has 2 N–H and O–H groups in total. The summed E-state index contributed by atoms with van der Waals surface area (Å²) in [6.07, 6.45) is 0.0969. The first-order valence-electron chi connectivity index (χ1n) is 5.03. The number of hydrogen-bond acceptors (Lipinski definition) is 3. The first kappa shape index (κ1) is 12.2. The third-order valence-corrected chi connectivity index (χ3v) is 3.50. The monoisotopic (exact) mass is 271 g/mol. The number of nitrogens with zero attached hydrogens (tertiary/aromatic N) is 2. The van der Waals surface area contributed by atoms with Crippen LogP contribution in [0, 0.1) is 13.8 Å². The molecule has 90 valence electrons. The number of hydrogen-bond donors (Lipinski definition) is 1. The summed E-state index contributed by atoms with van der Waals surface area (Å²) >= 11 is 12.4.